The zero-order valence-electron chi connectivity index (χ0n) is 25.2. The van der Waals surface area contributed by atoms with Gasteiger partial charge in [0.2, 0.25) is 0 Å². The summed E-state index contributed by atoms with van der Waals surface area (Å²) < 4.78 is 339. The molecule has 2 heterocycles. The van der Waals surface area contributed by atoms with Crippen LogP contribution in [0.25, 0.3) is 11.1 Å². The highest BCUT2D eigenvalue weighted by molar-refractivity contribution is 5.84. The number of nitrogens with zero attached hydrogens (tertiary/aromatic N) is 2. The zero-order valence-corrected chi connectivity index (χ0v) is 25.2. The number of halogens is 24. The molecule has 30 heteroatoms. The van der Waals surface area contributed by atoms with Crippen molar-refractivity contribution in [3.05, 3.63) is 48.5 Å². The van der Waals surface area contributed by atoms with Crippen molar-refractivity contribution in [2.24, 2.45) is 0 Å². The van der Waals surface area contributed by atoms with Gasteiger partial charge < -0.3 is 9.47 Å². The summed E-state index contributed by atoms with van der Waals surface area (Å²) in [5.74, 6) is -54.9. The zero-order chi connectivity index (χ0) is 43.7. The molecule has 0 aliphatic carbocycles. The predicted octanol–water partition coefficient (Wildman–Crippen LogP) is 9.16. The lowest BCUT2D eigenvalue weighted by Gasteiger charge is -2.38. The molecule has 56 heavy (non-hydrogen) atoms. The Bertz CT molecular complexity index is 1690. The molecule has 0 bridgehead atoms. The fraction of sp³-hybridized carbons (Fsp3) is 0.462. The number of benzene rings is 2. The van der Waals surface area contributed by atoms with Gasteiger partial charge >= 0.3 is 83.8 Å². The molecule has 0 radical (unpaired) electrons. The predicted molar refractivity (Wildman–Crippen MR) is 126 cm³/mol. The molecule has 314 valence electrons. The fourth-order valence-corrected chi connectivity index (χ4v) is 4.89. The molecule has 2 fully saturated rings. The molecule has 2 unspecified atom stereocenters. The highest BCUT2D eigenvalue weighted by Gasteiger charge is 3.00. The Morgan fingerprint density at radius 3 is 0.768 bits per heavy atom. The molecule has 2 aromatic rings. The van der Waals surface area contributed by atoms with E-state index >= 15 is 8.78 Å². The van der Waals surface area contributed by atoms with Crippen molar-refractivity contribution in [3.8, 4) is 22.6 Å². The van der Waals surface area contributed by atoms with Gasteiger partial charge in [0.05, 0.1) is 0 Å². The molecular weight excluding hydrogens is 860 g/mol. The highest BCUT2D eigenvalue weighted by Crippen LogP contribution is 2.68. The minimum Gasteiger partial charge on any atom is -0.423 e. The monoisotopic (exact) mass is 868 g/mol. The minimum atomic E-state index is -7.45. The second kappa shape index (κ2) is 12.1. The fourth-order valence-electron chi connectivity index (χ4n) is 4.89. The van der Waals surface area contributed by atoms with Crippen LogP contribution in [0.4, 0.5) is 105 Å². The van der Waals surface area contributed by atoms with Gasteiger partial charge in [0.25, 0.3) is 0 Å². The standard InChI is InChI=1S/C26H8F24N2O4/c27-15(21(37,38)39,51-23(43,44)17(29,30)18(31,32)24(51,45)46)13(53)55-11-5-1-9(2-6-11)10-3-7-12(8-4-10)56-14(54)16(28,22(40,41)42)52-25(47,48)19(33,34)20(35,36)26(52,49)50/h1-8H. The van der Waals surface area contributed by atoms with Gasteiger partial charge in [-0.3, -0.25) is 0 Å². The van der Waals surface area contributed by atoms with Gasteiger partial charge in [-0.05, 0) is 35.4 Å². The molecule has 2 atom stereocenters. The number of ether oxygens (including phenoxy) is 2. The first-order chi connectivity index (χ1) is 24.7. The summed E-state index contributed by atoms with van der Waals surface area (Å²) in [6.45, 7) is 0. The highest BCUT2D eigenvalue weighted by atomic mass is 19.4. The molecule has 2 saturated heterocycles. The maximum absolute atomic E-state index is 15.0. The Kier molecular flexibility index (Phi) is 9.56. The van der Waals surface area contributed by atoms with Crippen LogP contribution in [-0.2, 0) is 9.59 Å². The molecule has 2 aliphatic rings. The molecule has 2 aliphatic heterocycles. The molecule has 2 aromatic carbocycles. The third-order valence-corrected chi connectivity index (χ3v) is 7.79. The summed E-state index contributed by atoms with van der Waals surface area (Å²) in [5.41, 5.74) is -0.810. The minimum absolute atomic E-state index is 0.226. The number of carbonyl (C=O) groups excluding carboxylic acids is 2. The van der Waals surface area contributed by atoms with Crippen molar-refractivity contribution in [2.45, 2.75) is 71.8 Å². The van der Waals surface area contributed by atoms with Gasteiger partial charge in [-0.15, -0.1) is 9.80 Å². The summed E-state index contributed by atoms with van der Waals surface area (Å²) in [7, 11) is 0. The van der Waals surface area contributed by atoms with E-state index in [0.717, 1.165) is 0 Å². The maximum atomic E-state index is 15.0. The molecule has 0 N–H and O–H groups in total. The van der Waals surface area contributed by atoms with Crippen molar-refractivity contribution in [1.29, 1.82) is 0 Å². The molecule has 6 nitrogen and oxygen atoms in total. The van der Waals surface area contributed by atoms with E-state index in [2.05, 4.69) is 9.47 Å². The van der Waals surface area contributed by atoms with Gasteiger partial charge in [0.1, 0.15) is 11.5 Å². The van der Waals surface area contributed by atoms with Gasteiger partial charge in [0, 0.05) is 0 Å². The van der Waals surface area contributed by atoms with Crippen LogP contribution in [0.5, 0.6) is 11.5 Å². The normalized spacial score (nSPS) is 25.5. The Balaban J connectivity index is 1.61. The lowest BCUT2D eigenvalue weighted by atomic mass is 10.1. The van der Waals surface area contributed by atoms with E-state index in [1.807, 2.05) is 0 Å². The van der Waals surface area contributed by atoms with Crippen molar-refractivity contribution in [1.82, 2.24) is 9.80 Å². The van der Waals surface area contributed by atoms with E-state index in [1.54, 1.807) is 0 Å². The van der Waals surface area contributed by atoms with Crippen molar-refractivity contribution in [3.63, 3.8) is 0 Å². The third-order valence-electron chi connectivity index (χ3n) is 7.79. The SMILES string of the molecule is O=C(Oc1ccc(-c2ccc(OC(=O)C(F)(N3C(F)(F)C(F)(F)C(F)(F)C3(F)F)C(F)(F)F)cc2)cc1)C(F)(N1C(F)(F)C(F)(F)C(F)(F)C1(F)F)C(F)(F)F. The smallest absolute Gasteiger partial charge is 0.423 e. The average molecular weight is 868 g/mol. The van der Waals surface area contributed by atoms with Crippen molar-refractivity contribution in [2.75, 3.05) is 0 Å². The summed E-state index contributed by atoms with van der Waals surface area (Å²) in [5, 5.41) is 0. The van der Waals surface area contributed by atoms with Crippen LogP contribution in [0.15, 0.2) is 48.5 Å². The number of likely N-dealkylation sites (tertiary alicyclic amines) is 2. The quantitative estimate of drug-likeness (QED) is 0.120. The first-order valence-corrected chi connectivity index (χ1v) is 13.5. The molecule has 0 amide bonds. The average Bonchev–Trinajstić information content (AvgIpc) is 3.15. The summed E-state index contributed by atoms with van der Waals surface area (Å²) >= 11 is 0. The van der Waals surface area contributed by atoms with E-state index in [9.17, 15) is 106 Å². The lowest BCUT2D eigenvalue weighted by molar-refractivity contribution is -0.382. The van der Waals surface area contributed by atoms with Crippen LogP contribution < -0.4 is 9.47 Å². The van der Waals surface area contributed by atoms with Crippen LogP contribution in [0.1, 0.15) is 0 Å². The topological polar surface area (TPSA) is 59.1 Å². The first kappa shape index (κ1) is 44.3. The molecule has 4 rings (SSSR count). The van der Waals surface area contributed by atoms with E-state index in [4.69, 9.17) is 0 Å². The Labute approximate surface area is 290 Å². The summed E-state index contributed by atoms with van der Waals surface area (Å²) in [4.78, 5) is 16.7. The van der Waals surface area contributed by atoms with Gasteiger partial charge in [-0.1, -0.05) is 24.3 Å². The molecule has 0 saturated carbocycles. The van der Waals surface area contributed by atoms with E-state index in [1.165, 1.54) is 0 Å². The van der Waals surface area contributed by atoms with Crippen LogP contribution in [0.2, 0.25) is 0 Å². The largest absolute Gasteiger partial charge is 0.448 e. The molecular formula is C26H8F24N2O4. The summed E-state index contributed by atoms with van der Waals surface area (Å²) in [6.07, 6.45) is -14.9. The maximum Gasteiger partial charge on any atom is 0.448 e. The van der Waals surface area contributed by atoms with Crippen LogP contribution >= 0.6 is 0 Å². The summed E-state index contributed by atoms with van der Waals surface area (Å²) in [6, 6.07) is -26.8. The number of carbonyl (C=O) groups is 2. The van der Waals surface area contributed by atoms with Crippen LogP contribution in [-0.4, -0.2) is 93.6 Å². The van der Waals surface area contributed by atoms with Crippen molar-refractivity contribution < 1.29 is 124 Å². The second-order valence-corrected chi connectivity index (χ2v) is 11.2. The van der Waals surface area contributed by atoms with E-state index in [-0.39, 0.29) is 24.3 Å². The Morgan fingerprint density at radius 1 is 0.393 bits per heavy atom. The first-order valence-electron chi connectivity index (χ1n) is 13.5. The number of hydrogen-bond donors (Lipinski definition) is 0. The van der Waals surface area contributed by atoms with E-state index in [0.29, 0.717) is 24.3 Å². The number of esters is 2. The van der Waals surface area contributed by atoms with Gasteiger partial charge in [-0.25, -0.2) is 18.4 Å². The Morgan fingerprint density at radius 2 is 0.589 bits per heavy atom. The Hall–Kier alpha value is -4.38. The van der Waals surface area contributed by atoms with Crippen LogP contribution in [0.3, 0.4) is 0 Å². The van der Waals surface area contributed by atoms with Gasteiger partial charge in [0.15, 0.2) is 0 Å². The lowest BCUT2D eigenvalue weighted by Crippen LogP contribution is -2.70. The molecule has 0 aromatic heterocycles. The van der Waals surface area contributed by atoms with Crippen LogP contribution in [0, 0.1) is 0 Å². The number of rotatable bonds is 7. The van der Waals surface area contributed by atoms with Gasteiger partial charge in [-0.2, -0.15) is 96.6 Å². The third kappa shape index (κ3) is 5.38. The number of hydrogen-bond acceptors (Lipinski definition) is 6. The number of alkyl halides is 24. The second-order valence-electron chi connectivity index (χ2n) is 11.2. The van der Waals surface area contributed by atoms with E-state index < -0.39 is 116 Å². The molecule has 0 spiro atoms. The van der Waals surface area contributed by atoms with Crippen molar-refractivity contribution >= 4 is 11.9 Å².